The fraction of sp³-hybridized carbons (Fsp3) is 0.462. The number of para-hydroxylation sites is 1. The SMILES string of the molecule is CCNc1c(C(=O)NN2CCOCC2)cccc1[N+](=O)[O-]. The van der Waals surface area contributed by atoms with Crippen LogP contribution in [0.2, 0.25) is 0 Å². The number of amides is 1. The van der Waals surface area contributed by atoms with Crippen molar-refractivity contribution in [3.63, 3.8) is 0 Å². The number of nitrogens with zero attached hydrogens (tertiary/aromatic N) is 2. The summed E-state index contributed by atoms with van der Waals surface area (Å²) in [7, 11) is 0. The highest BCUT2D eigenvalue weighted by Crippen LogP contribution is 2.28. The van der Waals surface area contributed by atoms with E-state index in [-0.39, 0.29) is 22.8 Å². The number of hydrogen-bond acceptors (Lipinski definition) is 6. The van der Waals surface area contributed by atoms with E-state index in [2.05, 4.69) is 10.7 Å². The van der Waals surface area contributed by atoms with Gasteiger partial charge < -0.3 is 10.1 Å². The fourth-order valence-electron chi connectivity index (χ4n) is 2.12. The van der Waals surface area contributed by atoms with Gasteiger partial charge in [0.25, 0.3) is 11.6 Å². The fourth-order valence-corrected chi connectivity index (χ4v) is 2.12. The quantitative estimate of drug-likeness (QED) is 0.621. The number of rotatable bonds is 5. The molecule has 1 amide bonds. The first-order valence-corrected chi connectivity index (χ1v) is 6.78. The third kappa shape index (κ3) is 3.67. The lowest BCUT2D eigenvalue weighted by Gasteiger charge is -2.27. The molecule has 1 aliphatic heterocycles. The van der Waals surface area contributed by atoms with Crippen molar-refractivity contribution in [1.29, 1.82) is 0 Å². The number of nitrogens with one attached hydrogen (secondary N) is 2. The summed E-state index contributed by atoms with van der Waals surface area (Å²) in [6.07, 6.45) is 0. The molecule has 1 saturated heterocycles. The van der Waals surface area contributed by atoms with Gasteiger partial charge in [-0.2, -0.15) is 0 Å². The van der Waals surface area contributed by atoms with Crippen LogP contribution in [0.3, 0.4) is 0 Å². The van der Waals surface area contributed by atoms with E-state index in [9.17, 15) is 14.9 Å². The molecule has 0 aliphatic carbocycles. The van der Waals surface area contributed by atoms with Crippen LogP contribution in [0.25, 0.3) is 0 Å². The lowest BCUT2D eigenvalue weighted by Crippen LogP contribution is -2.48. The molecule has 8 heteroatoms. The Hall–Kier alpha value is -2.19. The van der Waals surface area contributed by atoms with E-state index in [0.717, 1.165) is 0 Å². The summed E-state index contributed by atoms with van der Waals surface area (Å²) in [6.45, 7) is 4.60. The Kier molecular flexibility index (Phi) is 5.07. The molecule has 21 heavy (non-hydrogen) atoms. The van der Waals surface area contributed by atoms with Crippen LogP contribution in [0.4, 0.5) is 11.4 Å². The lowest BCUT2D eigenvalue weighted by molar-refractivity contribution is -0.384. The Balaban J connectivity index is 2.22. The molecule has 1 aromatic rings. The molecule has 1 aliphatic rings. The lowest BCUT2D eigenvalue weighted by atomic mass is 10.1. The highest BCUT2D eigenvalue weighted by molar-refractivity contribution is 6.01. The highest BCUT2D eigenvalue weighted by atomic mass is 16.6. The first-order valence-electron chi connectivity index (χ1n) is 6.78. The molecule has 0 atom stereocenters. The number of morpholine rings is 1. The zero-order valence-electron chi connectivity index (χ0n) is 11.8. The smallest absolute Gasteiger partial charge is 0.293 e. The number of nitro groups is 1. The maximum Gasteiger partial charge on any atom is 0.293 e. The van der Waals surface area contributed by atoms with E-state index in [4.69, 9.17) is 4.74 Å². The Bertz CT molecular complexity index is 529. The molecule has 0 saturated carbocycles. The standard InChI is InChI=1S/C13H18N4O4/c1-2-14-12-10(4-3-5-11(12)17(19)20)13(18)15-16-6-8-21-9-7-16/h3-5,14H,2,6-9H2,1H3,(H,15,18). The zero-order chi connectivity index (χ0) is 15.2. The van der Waals surface area contributed by atoms with Crippen molar-refractivity contribution in [2.75, 3.05) is 38.2 Å². The van der Waals surface area contributed by atoms with Crippen LogP contribution >= 0.6 is 0 Å². The van der Waals surface area contributed by atoms with Crippen molar-refractivity contribution in [3.8, 4) is 0 Å². The monoisotopic (exact) mass is 294 g/mol. The van der Waals surface area contributed by atoms with E-state index in [1.54, 1.807) is 11.1 Å². The second-order valence-corrected chi connectivity index (χ2v) is 4.53. The number of hydrazine groups is 1. The van der Waals surface area contributed by atoms with Gasteiger partial charge in [-0.15, -0.1) is 0 Å². The van der Waals surface area contributed by atoms with Gasteiger partial charge in [0.2, 0.25) is 0 Å². The van der Waals surface area contributed by atoms with Crippen LogP contribution < -0.4 is 10.7 Å². The highest BCUT2D eigenvalue weighted by Gasteiger charge is 2.22. The van der Waals surface area contributed by atoms with E-state index in [0.29, 0.717) is 32.8 Å². The van der Waals surface area contributed by atoms with E-state index in [1.807, 2.05) is 6.92 Å². The summed E-state index contributed by atoms with van der Waals surface area (Å²) in [5.41, 5.74) is 3.15. The third-order valence-electron chi connectivity index (χ3n) is 3.11. The molecular formula is C13H18N4O4. The van der Waals surface area contributed by atoms with Crippen LogP contribution in [-0.4, -0.2) is 48.7 Å². The van der Waals surface area contributed by atoms with Crippen molar-refractivity contribution in [2.24, 2.45) is 0 Å². The molecule has 0 unspecified atom stereocenters. The first-order chi connectivity index (χ1) is 10.1. The number of benzene rings is 1. The predicted octanol–water partition coefficient (Wildman–Crippen LogP) is 1.00. The van der Waals surface area contributed by atoms with Gasteiger partial charge in [0.05, 0.1) is 23.7 Å². The van der Waals surface area contributed by atoms with Crippen molar-refractivity contribution in [2.45, 2.75) is 6.92 Å². The van der Waals surface area contributed by atoms with Crippen LogP contribution in [0, 0.1) is 10.1 Å². The Morgan fingerprint density at radius 2 is 2.14 bits per heavy atom. The van der Waals surface area contributed by atoms with Gasteiger partial charge in [-0.1, -0.05) is 6.07 Å². The minimum Gasteiger partial charge on any atom is -0.379 e. The van der Waals surface area contributed by atoms with Crippen molar-refractivity contribution in [1.82, 2.24) is 10.4 Å². The molecule has 2 rings (SSSR count). The number of ether oxygens (including phenoxy) is 1. The molecule has 1 aromatic carbocycles. The average Bonchev–Trinajstić information content (AvgIpc) is 2.48. The molecule has 8 nitrogen and oxygen atoms in total. The second kappa shape index (κ2) is 7.00. The van der Waals surface area contributed by atoms with Crippen LogP contribution in [0.5, 0.6) is 0 Å². The maximum absolute atomic E-state index is 12.3. The van der Waals surface area contributed by atoms with Gasteiger partial charge in [0, 0.05) is 25.7 Å². The molecule has 0 bridgehead atoms. The first kappa shape index (κ1) is 15.2. The predicted molar refractivity (Wildman–Crippen MR) is 77.1 cm³/mol. The van der Waals surface area contributed by atoms with Crippen molar-refractivity contribution < 1.29 is 14.5 Å². The van der Waals surface area contributed by atoms with Crippen LogP contribution in [0.1, 0.15) is 17.3 Å². The Morgan fingerprint density at radius 1 is 1.43 bits per heavy atom. The summed E-state index contributed by atoms with van der Waals surface area (Å²) >= 11 is 0. The molecule has 0 radical (unpaired) electrons. The second-order valence-electron chi connectivity index (χ2n) is 4.53. The number of hydrogen-bond donors (Lipinski definition) is 2. The van der Waals surface area contributed by atoms with Gasteiger partial charge in [-0.05, 0) is 13.0 Å². The third-order valence-corrected chi connectivity index (χ3v) is 3.11. The number of nitro benzene ring substituents is 1. The number of anilines is 1. The van der Waals surface area contributed by atoms with Crippen molar-refractivity contribution >= 4 is 17.3 Å². The molecule has 1 heterocycles. The summed E-state index contributed by atoms with van der Waals surface area (Å²) in [5, 5.41) is 15.7. The van der Waals surface area contributed by atoms with Crippen LogP contribution in [-0.2, 0) is 4.74 Å². The normalized spacial score (nSPS) is 15.5. The van der Waals surface area contributed by atoms with E-state index >= 15 is 0 Å². The Labute approximate surface area is 122 Å². The molecule has 0 spiro atoms. The summed E-state index contributed by atoms with van der Waals surface area (Å²) in [4.78, 5) is 22.9. The van der Waals surface area contributed by atoms with Gasteiger partial charge >= 0.3 is 0 Å². The topological polar surface area (TPSA) is 96.7 Å². The number of carbonyl (C=O) groups excluding carboxylic acids is 1. The number of carbonyl (C=O) groups is 1. The van der Waals surface area contributed by atoms with E-state index in [1.165, 1.54) is 12.1 Å². The average molecular weight is 294 g/mol. The van der Waals surface area contributed by atoms with Crippen molar-refractivity contribution in [3.05, 3.63) is 33.9 Å². The summed E-state index contributed by atoms with van der Waals surface area (Å²) < 4.78 is 5.21. The molecule has 1 fully saturated rings. The minimum absolute atomic E-state index is 0.105. The van der Waals surface area contributed by atoms with E-state index < -0.39 is 4.92 Å². The van der Waals surface area contributed by atoms with Gasteiger partial charge in [-0.25, -0.2) is 5.01 Å². The van der Waals surface area contributed by atoms with Gasteiger partial charge in [0.1, 0.15) is 5.69 Å². The summed E-state index contributed by atoms with van der Waals surface area (Å²) in [5.74, 6) is -0.364. The van der Waals surface area contributed by atoms with Gasteiger partial charge in [0.15, 0.2) is 0 Å². The van der Waals surface area contributed by atoms with Gasteiger partial charge in [-0.3, -0.25) is 20.3 Å². The molecule has 0 aromatic heterocycles. The minimum atomic E-state index is -0.497. The molecule has 2 N–H and O–H groups in total. The maximum atomic E-state index is 12.3. The zero-order valence-corrected chi connectivity index (χ0v) is 11.8. The molecular weight excluding hydrogens is 276 g/mol. The molecule has 114 valence electrons. The Morgan fingerprint density at radius 3 is 2.76 bits per heavy atom. The largest absolute Gasteiger partial charge is 0.379 e. The van der Waals surface area contributed by atoms with Crippen LogP contribution in [0.15, 0.2) is 18.2 Å². The summed E-state index contributed by atoms with van der Waals surface area (Å²) in [6, 6.07) is 4.46.